The van der Waals surface area contributed by atoms with Crippen LogP contribution in [0.4, 0.5) is 13.2 Å². The number of halogens is 4. The summed E-state index contributed by atoms with van der Waals surface area (Å²) >= 11 is 5.81. The monoisotopic (exact) mass is 335 g/mol. The van der Waals surface area contributed by atoms with Gasteiger partial charge in [0.2, 0.25) is 5.91 Å². The Morgan fingerprint density at radius 2 is 2.14 bits per heavy atom. The number of likely N-dealkylation sites (tertiary alicyclic amines) is 1. The van der Waals surface area contributed by atoms with Gasteiger partial charge in [0.05, 0.1) is 18.7 Å². The first kappa shape index (κ1) is 16.9. The topological polar surface area (TPSA) is 29.5 Å². The van der Waals surface area contributed by atoms with Crippen LogP contribution in [0.25, 0.3) is 0 Å². The van der Waals surface area contributed by atoms with Gasteiger partial charge in [-0.25, -0.2) is 0 Å². The zero-order chi connectivity index (χ0) is 16.5. The highest BCUT2D eigenvalue weighted by molar-refractivity contribution is 6.30. The zero-order valence-corrected chi connectivity index (χ0v) is 13.0. The average molecular weight is 336 g/mol. The van der Waals surface area contributed by atoms with E-state index in [-0.39, 0.29) is 11.5 Å². The summed E-state index contributed by atoms with van der Waals surface area (Å²) in [6, 6.07) is 3.01. The van der Waals surface area contributed by atoms with E-state index in [0.717, 1.165) is 6.07 Å². The second kappa shape index (κ2) is 6.36. The molecule has 0 spiro atoms. The molecule has 0 radical (unpaired) electrons. The van der Waals surface area contributed by atoms with Crippen molar-refractivity contribution in [3.63, 3.8) is 0 Å². The summed E-state index contributed by atoms with van der Waals surface area (Å²) in [6.07, 6.45) is -3.36. The number of carbonyl (C=O) groups excluding carboxylic acids is 1. The van der Waals surface area contributed by atoms with E-state index >= 15 is 0 Å². The normalized spacial score (nSPS) is 20.1. The Morgan fingerprint density at radius 3 is 2.68 bits per heavy atom. The van der Waals surface area contributed by atoms with Gasteiger partial charge in [-0.2, -0.15) is 13.2 Å². The highest BCUT2D eigenvalue weighted by Gasteiger charge is 2.40. The molecule has 2 rings (SSSR count). The molecule has 1 heterocycles. The van der Waals surface area contributed by atoms with Crippen LogP contribution in [-0.2, 0) is 11.0 Å². The first-order valence-corrected chi connectivity index (χ1v) is 7.39. The molecule has 0 bridgehead atoms. The van der Waals surface area contributed by atoms with Crippen molar-refractivity contribution in [2.24, 2.45) is 0 Å². The smallest absolute Gasteiger partial charge is 0.416 e. The number of ether oxygens (including phenoxy) is 1. The third-order valence-corrected chi connectivity index (χ3v) is 3.99. The van der Waals surface area contributed by atoms with Crippen LogP contribution >= 0.6 is 11.6 Å². The van der Waals surface area contributed by atoms with E-state index in [0.29, 0.717) is 25.1 Å². The summed E-state index contributed by atoms with van der Waals surface area (Å²) in [5, 5.41) is -0.763. The van der Waals surface area contributed by atoms with Gasteiger partial charge < -0.3 is 9.64 Å². The molecule has 0 aromatic heterocycles. The quantitative estimate of drug-likeness (QED) is 0.781. The van der Waals surface area contributed by atoms with Crippen molar-refractivity contribution in [2.75, 3.05) is 13.7 Å². The largest absolute Gasteiger partial charge is 0.497 e. The fourth-order valence-corrected chi connectivity index (χ4v) is 2.91. The highest BCUT2D eigenvalue weighted by Crippen LogP contribution is 2.42. The second-order valence-electron chi connectivity index (χ2n) is 5.26. The molecule has 1 aliphatic heterocycles. The van der Waals surface area contributed by atoms with Crippen molar-refractivity contribution < 1.29 is 22.7 Å². The van der Waals surface area contributed by atoms with E-state index in [4.69, 9.17) is 16.3 Å². The number of amides is 1. The molecule has 1 aliphatic rings. The van der Waals surface area contributed by atoms with Crippen molar-refractivity contribution in [1.29, 1.82) is 0 Å². The van der Waals surface area contributed by atoms with Crippen LogP contribution in [0.5, 0.6) is 5.75 Å². The summed E-state index contributed by atoms with van der Waals surface area (Å²) in [5.74, 6) is -0.0127. The molecule has 2 unspecified atom stereocenters. The lowest BCUT2D eigenvalue weighted by Gasteiger charge is -2.28. The third-order valence-electron chi connectivity index (χ3n) is 3.80. The molecule has 1 amide bonds. The molecule has 7 heteroatoms. The molecule has 1 saturated heterocycles. The Balaban J connectivity index is 2.47. The van der Waals surface area contributed by atoms with Crippen molar-refractivity contribution in [3.8, 4) is 5.75 Å². The van der Waals surface area contributed by atoms with Gasteiger partial charge in [0.25, 0.3) is 0 Å². The average Bonchev–Trinajstić information content (AvgIpc) is 2.93. The molecule has 122 valence electrons. The van der Waals surface area contributed by atoms with Gasteiger partial charge in [0.1, 0.15) is 11.1 Å². The molecule has 2 atom stereocenters. The molecule has 3 nitrogen and oxygen atoms in total. The SMILES string of the molecule is COc1ccc(C(F)(F)F)c(C2CCCN2C(=O)C(C)Cl)c1. The van der Waals surface area contributed by atoms with Gasteiger partial charge in [0, 0.05) is 6.54 Å². The number of rotatable bonds is 3. The Labute approximate surface area is 132 Å². The van der Waals surface area contributed by atoms with Crippen molar-refractivity contribution in [1.82, 2.24) is 4.90 Å². The third kappa shape index (κ3) is 3.32. The van der Waals surface area contributed by atoms with Crippen LogP contribution in [0, 0.1) is 0 Å². The number of nitrogens with zero attached hydrogens (tertiary/aromatic N) is 1. The first-order chi connectivity index (χ1) is 10.3. The molecule has 0 N–H and O–H groups in total. The molecule has 0 saturated carbocycles. The predicted octanol–water partition coefficient (Wildman–Crippen LogP) is 4.00. The fraction of sp³-hybridized carbons (Fsp3) is 0.533. The van der Waals surface area contributed by atoms with E-state index in [1.165, 1.54) is 31.1 Å². The van der Waals surface area contributed by atoms with Gasteiger partial charge in [-0.15, -0.1) is 11.6 Å². The number of hydrogen-bond acceptors (Lipinski definition) is 2. The summed E-state index contributed by atoms with van der Waals surface area (Å²) in [6.45, 7) is 1.94. The lowest BCUT2D eigenvalue weighted by atomic mass is 9.97. The van der Waals surface area contributed by atoms with Crippen LogP contribution in [0.15, 0.2) is 18.2 Å². The Bertz CT molecular complexity index is 560. The van der Waals surface area contributed by atoms with Crippen molar-refractivity contribution >= 4 is 17.5 Å². The molecular formula is C15H17ClF3NO2. The minimum atomic E-state index is -4.48. The molecule has 1 fully saturated rings. The molecule has 22 heavy (non-hydrogen) atoms. The lowest BCUT2D eigenvalue weighted by Crippen LogP contribution is -2.35. The lowest BCUT2D eigenvalue weighted by molar-refractivity contribution is -0.140. The van der Waals surface area contributed by atoms with Crippen LogP contribution in [0.3, 0.4) is 0 Å². The van der Waals surface area contributed by atoms with Crippen LogP contribution in [0.2, 0.25) is 0 Å². The maximum Gasteiger partial charge on any atom is 0.416 e. The zero-order valence-electron chi connectivity index (χ0n) is 12.3. The van der Waals surface area contributed by atoms with Gasteiger partial charge in [-0.3, -0.25) is 4.79 Å². The number of methoxy groups -OCH3 is 1. The maximum atomic E-state index is 13.3. The van der Waals surface area contributed by atoms with Crippen LogP contribution < -0.4 is 4.74 Å². The van der Waals surface area contributed by atoms with Gasteiger partial charge in [0.15, 0.2) is 0 Å². The highest BCUT2D eigenvalue weighted by atomic mass is 35.5. The van der Waals surface area contributed by atoms with Gasteiger partial charge >= 0.3 is 6.18 Å². The fourth-order valence-electron chi connectivity index (χ4n) is 2.78. The predicted molar refractivity (Wildman–Crippen MR) is 77.0 cm³/mol. The van der Waals surface area contributed by atoms with E-state index in [2.05, 4.69) is 0 Å². The number of carbonyl (C=O) groups is 1. The van der Waals surface area contributed by atoms with Crippen LogP contribution in [0.1, 0.15) is 36.9 Å². The molecule has 1 aromatic carbocycles. The Morgan fingerprint density at radius 1 is 1.45 bits per heavy atom. The minimum absolute atomic E-state index is 0.0648. The Hall–Kier alpha value is -1.43. The van der Waals surface area contributed by atoms with E-state index in [1.807, 2.05) is 0 Å². The van der Waals surface area contributed by atoms with Crippen molar-refractivity contribution in [2.45, 2.75) is 37.4 Å². The second-order valence-corrected chi connectivity index (χ2v) is 5.91. The summed E-state index contributed by atoms with van der Waals surface area (Å²) in [4.78, 5) is 13.6. The molecule has 0 aliphatic carbocycles. The number of hydrogen-bond donors (Lipinski definition) is 0. The summed E-state index contributed by atoms with van der Waals surface area (Å²) in [5.41, 5.74) is -0.671. The van der Waals surface area contributed by atoms with Crippen molar-refractivity contribution in [3.05, 3.63) is 29.3 Å². The van der Waals surface area contributed by atoms with E-state index < -0.39 is 23.2 Å². The molecule has 1 aromatic rings. The van der Waals surface area contributed by atoms with E-state index in [9.17, 15) is 18.0 Å². The number of benzene rings is 1. The number of alkyl halides is 4. The van der Waals surface area contributed by atoms with Gasteiger partial charge in [-0.1, -0.05) is 0 Å². The summed E-state index contributed by atoms with van der Waals surface area (Å²) < 4.78 is 44.8. The standard InChI is InChI=1S/C15H17ClF3NO2/c1-9(16)14(21)20-7-3-4-13(20)11-8-10(22-2)5-6-12(11)15(17,18)19/h5-6,8-9,13H,3-4,7H2,1-2H3. The molecular weight excluding hydrogens is 319 g/mol. The summed E-state index contributed by atoms with van der Waals surface area (Å²) in [7, 11) is 1.39. The first-order valence-electron chi connectivity index (χ1n) is 6.95. The minimum Gasteiger partial charge on any atom is -0.497 e. The van der Waals surface area contributed by atoms with Gasteiger partial charge in [-0.05, 0) is 43.5 Å². The Kier molecular flexibility index (Phi) is 4.90. The maximum absolute atomic E-state index is 13.3. The van der Waals surface area contributed by atoms with Crippen LogP contribution in [-0.4, -0.2) is 29.8 Å². The van der Waals surface area contributed by atoms with E-state index in [1.54, 1.807) is 0 Å².